The first-order valence-electron chi connectivity index (χ1n) is 7.03. The third kappa shape index (κ3) is 2.08. The molecule has 2 aromatic rings. The van der Waals surface area contributed by atoms with Crippen molar-refractivity contribution < 1.29 is 19.1 Å². The molecule has 0 heterocycles. The van der Waals surface area contributed by atoms with Gasteiger partial charge in [0.1, 0.15) is 0 Å². The third-order valence-corrected chi connectivity index (χ3v) is 4.13. The number of hydrogen-bond acceptors (Lipinski definition) is 4. The molecule has 0 amide bonds. The highest BCUT2D eigenvalue weighted by atomic mass is 16.5. The molecule has 0 aromatic heterocycles. The molecule has 0 bridgehead atoms. The molecule has 0 radical (unpaired) electrons. The number of carbonyl (C=O) groups excluding carboxylic acids is 2. The van der Waals surface area contributed by atoms with Gasteiger partial charge in [-0.15, -0.1) is 0 Å². The van der Waals surface area contributed by atoms with E-state index < -0.39 is 23.8 Å². The molecule has 0 fully saturated rings. The van der Waals surface area contributed by atoms with Crippen molar-refractivity contribution >= 4 is 11.9 Å². The largest absolute Gasteiger partial charge is 0.469 e. The quantitative estimate of drug-likeness (QED) is 0.800. The lowest BCUT2D eigenvalue weighted by Crippen LogP contribution is -2.31. The highest BCUT2D eigenvalue weighted by Gasteiger charge is 2.43. The van der Waals surface area contributed by atoms with Crippen LogP contribution in [0, 0.1) is 0 Å². The molecule has 0 aliphatic heterocycles. The standard InChI is InChI=1S/C18H16O4/c1-21-17(19)15-13-9-5-3-7-11(13)12-8-4-6-10-14(12)16(15)18(20)22-2/h3-10,15-16H,1-2H3/t15-,16-/m1/s1. The molecule has 2 aromatic carbocycles. The van der Waals surface area contributed by atoms with Gasteiger partial charge in [-0.2, -0.15) is 0 Å². The second-order valence-corrected chi connectivity index (χ2v) is 5.18. The van der Waals surface area contributed by atoms with E-state index in [-0.39, 0.29) is 0 Å². The van der Waals surface area contributed by atoms with Gasteiger partial charge in [0, 0.05) is 0 Å². The van der Waals surface area contributed by atoms with Crippen LogP contribution in [0.4, 0.5) is 0 Å². The Morgan fingerprint density at radius 2 is 1.09 bits per heavy atom. The highest BCUT2D eigenvalue weighted by Crippen LogP contribution is 2.47. The van der Waals surface area contributed by atoms with Crippen LogP contribution < -0.4 is 0 Å². The van der Waals surface area contributed by atoms with E-state index in [1.54, 1.807) is 0 Å². The second-order valence-electron chi connectivity index (χ2n) is 5.18. The molecule has 4 nitrogen and oxygen atoms in total. The van der Waals surface area contributed by atoms with Crippen LogP contribution in [0.15, 0.2) is 48.5 Å². The fourth-order valence-corrected chi connectivity index (χ4v) is 3.17. The summed E-state index contributed by atoms with van der Waals surface area (Å²) in [4.78, 5) is 24.7. The summed E-state index contributed by atoms with van der Waals surface area (Å²) in [6, 6.07) is 15.2. The molecule has 22 heavy (non-hydrogen) atoms. The first-order chi connectivity index (χ1) is 10.7. The van der Waals surface area contributed by atoms with Crippen molar-refractivity contribution in [2.75, 3.05) is 14.2 Å². The lowest BCUT2D eigenvalue weighted by atomic mass is 9.71. The maximum absolute atomic E-state index is 12.3. The van der Waals surface area contributed by atoms with E-state index in [4.69, 9.17) is 9.47 Å². The van der Waals surface area contributed by atoms with Gasteiger partial charge in [0.25, 0.3) is 0 Å². The molecule has 3 rings (SSSR count). The summed E-state index contributed by atoms with van der Waals surface area (Å²) in [6.45, 7) is 0. The molecule has 1 aliphatic rings. The number of carbonyl (C=O) groups is 2. The average molecular weight is 296 g/mol. The number of fused-ring (bicyclic) bond motifs is 3. The van der Waals surface area contributed by atoms with Crippen molar-refractivity contribution in [1.29, 1.82) is 0 Å². The second kappa shape index (κ2) is 5.64. The summed E-state index contributed by atoms with van der Waals surface area (Å²) in [6.07, 6.45) is 0. The molecule has 0 spiro atoms. The summed E-state index contributed by atoms with van der Waals surface area (Å²) < 4.78 is 9.88. The Labute approximate surface area is 128 Å². The van der Waals surface area contributed by atoms with E-state index in [0.29, 0.717) is 0 Å². The first kappa shape index (κ1) is 14.3. The summed E-state index contributed by atoms with van der Waals surface area (Å²) in [7, 11) is 2.67. The van der Waals surface area contributed by atoms with Crippen molar-refractivity contribution in [3.63, 3.8) is 0 Å². The molecular formula is C18H16O4. The summed E-state index contributed by atoms with van der Waals surface area (Å²) in [5.41, 5.74) is 3.49. The zero-order chi connectivity index (χ0) is 15.7. The van der Waals surface area contributed by atoms with Crippen LogP contribution in [0.1, 0.15) is 23.0 Å². The number of esters is 2. The fraction of sp³-hybridized carbons (Fsp3) is 0.222. The van der Waals surface area contributed by atoms with Crippen LogP contribution in [0.2, 0.25) is 0 Å². The van der Waals surface area contributed by atoms with Crippen LogP contribution in [0.25, 0.3) is 11.1 Å². The molecule has 112 valence electrons. The zero-order valence-electron chi connectivity index (χ0n) is 12.4. The monoisotopic (exact) mass is 296 g/mol. The van der Waals surface area contributed by atoms with E-state index in [2.05, 4.69) is 0 Å². The molecule has 1 aliphatic carbocycles. The Morgan fingerprint density at radius 3 is 1.45 bits per heavy atom. The third-order valence-electron chi connectivity index (χ3n) is 4.13. The van der Waals surface area contributed by atoms with E-state index in [0.717, 1.165) is 22.3 Å². The van der Waals surface area contributed by atoms with Gasteiger partial charge in [0.2, 0.25) is 0 Å². The summed E-state index contributed by atoms with van der Waals surface area (Å²) in [5.74, 6) is -2.25. The van der Waals surface area contributed by atoms with Crippen molar-refractivity contribution in [3.05, 3.63) is 59.7 Å². The Balaban J connectivity index is 2.29. The topological polar surface area (TPSA) is 52.6 Å². The highest BCUT2D eigenvalue weighted by molar-refractivity contribution is 5.96. The van der Waals surface area contributed by atoms with Gasteiger partial charge >= 0.3 is 11.9 Å². The zero-order valence-corrected chi connectivity index (χ0v) is 12.4. The van der Waals surface area contributed by atoms with Crippen molar-refractivity contribution in [2.24, 2.45) is 0 Å². The van der Waals surface area contributed by atoms with Crippen LogP contribution in [0.5, 0.6) is 0 Å². The number of hydrogen-bond donors (Lipinski definition) is 0. The van der Waals surface area contributed by atoms with Gasteiger partial charge in [-0.05, 0) is 22.3 Å². The fourth-order valence-electron chi connectivity index (χ4n) is 3.17. The molecule has 2 atom stereocenters. The maximum Gasteiger partial charge on any atom is 0.314 e. The van der Waals surface area contributed by atoms with Gasteiger partial charge in [-0.25, -0.2) is 0 Å². The molecule has 0 unspecified atom stereocenters. The maximum atomic E-state index is 12.3. The van der Waals surface area contributed by atoms with Gasteiger partial charge in [0.05, 0.1) is 26.1 Å². The summed E-state index contributed by atoms with van der Waals surface area (Å²) in [5, 5.41) is 0. The molecule has 4 heteroatoms. The smallest absolute Gasteiger partial charge is 0.314 e. The van der Waals surface area contributed by atoms with Gasteiger partial charge in [-0.1, -0.05) is 48.5 Å². The first-order valence-corrected chi connectivity index (χ1v) is 7.03. The van der Waals surface area contributed by atoms with Crippen molar-refractivity contribution in [2.45, 2.75) is 11.8 Å². The number of rotatable bonds is 2. The molecule has 0 saturated heterocycles. The minimum absolute atomic E-state index is 0.433. The van der Waals surface area contributed by atoms with Crippen LogP contribution in [-0.4, -0.2) is 26.2 Å². The molecule has 0 saturated carbocycles. The van der Waals surface area contributed by atoms with Crippen LogP contribution >= 0.6 is 0 Å². The Kier molecular flexibility index (Phi) is 3.67. The predicted molar refractivity (Wildman–Crippen MR) is 81.4 cm³/mol. The van der Waals surface area contributed by atoms with E-state index >= 15 is 0 Å². The number of benzene rings is 2. The molecular weight excluding hydrogens is 280 g/mol. The van der Waals surface area contributed by atoms with E-state index in [9.17, 15) is 9.59 Å². The van der Waals surface area contributed by atoms with E-state index in [1.807, 2.05) is 48.5 Å². The SMILES string of the molecule is COC(=O)[C@@H]1c2ccccc2-c2ccccc2[C@H]1C(=O)OC. The molecule has 0 N–H and O–H groups in total. The minimum Gasteiger partial charge on any atom is -0.469 e. The Morgan fingerprint density at radius 1 is 0.727 bits per heavy atom. The van der Waals surface area contributed by atoms with Gasteiger partial charge in [-0.3, -0.25) is 9.59 Å². The Bertz CT molecular complexity index is 672. The summed E-state index contributed by atoms with van der Waals surface area (Å²) >= 11 is 0. The lowest BCUT2D eigenvalue weighted by molar-refractivity contribution is -0.151. The van der Waals surface area contributed by atoms with Gasteiger partial charge in [0.15, 0.2) is 0 Å². The Hall–Kier alpha value is -2.62. The van der Waals surface area contributed by atoms with Crippen LogP contribution in [-0.2, 0) is 19.1 Å². The minimum atomic E-state index is -0.691. The average Bonchev–Trinajstić information content (AvgIpc) is 2.59. The number of methoxy groups -OCH3 is 2. The normalized spacial score (nSPS) is 18.8. The van der Waals surface area contributed by atoms with E-state index in [1.165, 1.54) is 14.2 Å². The lowest BCUT2D eigenvalue weighted by Gasteiger charge is -2.32. The van der Waals surface area contributed by atoms with Gasteiger partial charge < -0.3 is 9.47 Å². The number of ether oxygens (including phenoxy) is 2. The van der Waals surface area contributed by atoms with Crippen molar-refractivity contribution in [3.8, 4) is 11.1 Å². The van der Waals surface area contributed by atoms with Crippen LogP contribution in [0.3, 0.4) is 0 Å². The van der Waals surface area contributed by atoms with Crippen molar-refractivity contribution in [1.82, 2.24) is 0 Å². The predicted octanol–water partition coefficient (Wildman–Crippen LogP) is 2.88.